The van der Waals surface area contributed by atoms with Crippen molar-refractivity contribution in [3.63, 3.8) is 0 Å². The molecule has 6 nitrogen and oxygen atoms in total. The van der Waals surface area contributed by atoms with E-state index in [0.29, 0.717) is 40.6 Å². The first-order valence-corrected chi connectivity index (χ1v) is 9.52. The van der Waals surface area contributed by atoms with Gasteiger partial charge in [0, 0.05) is 5.39 Å². The molecule has 0 aliphatic rings. The third-order valence-corrected chi connectivity index (χ3v) is 5.02. The number of hydrogen-bond acceptors (Lipinski definition) is 5. The summed E-state index contributed by atoms with van der Waals surface area (Å²) >= 11 is 6.49. The molecule has 0 unspecified atom stereocenters. The van der Waals surface area contributed by atoms with Crippen molar-refractivity contribution in [3.05, 3.63) is 58.1 Å². The summed E-state index contributed by atoms with van der Waals surface area (Å²) in [4.78, 5) is 0. The van der Waals surface area contributed by atoms with Crippen LogP contribution in [0.25, 0.3) is 22.6 Å². The van der Waals surface area contributed by atoms with Crippen molar-refractivity contribution in [1.29, 1.82) is 0 Å². The van der Waals surface area contributed by atoms with Crippen molar-refractivity contribution >= 4 is 22.6 Å². The molecule has 0 spiro atoms. The van der Waals surface area contributed by atoms with Crippen LogP contribution in [0.5, 0.6) is 5.75 Å². The van der Waals surface area contributed by atoms with E-state index in [0.717, 1.165) is 17.0 Å². The van der Waals surface area contributed by atoms with Crippen LogP contribution < -0.4 is 4.74 Å². The molecule has 10 heteroatoms. The second-order valence-corrected chi connectivity index (χ2v) is 6.94. The van der Waals surface area contributed by atoms with Crippen LogP contribution in [-0.4, -0.2) is 27.2 Å². The zero-order valence-corrected chi connectivity index (χ0v) is 16.5. The van der Waals surface area contributed by atoms with Gasteiger partial charge in [-0.3, -0.25) is 0 Å². The third-order valence-electron chi connectivity index (χ3n) is 4.60. The Bertz CT molecular complexity index is 1170. The number of rotatable bonds is 6. The van der Waals surface area contributed by atoms with E-state index in [1.165, 1.54) is 6.07 Å². The first-order valence-electron chi connectivity index (χ1n) is 9.14. The summed E-state index contributed by atoms with van der Waals surface area (Å²) in [7, 11) is 0. The lowest BCUT2D eigenvalue weighted by atomic mass is 10.0. The number of hydrogen-bond donors (Lipinski definition) is 1. The van der Waals surface area contributed by atoms with Crippen molar-refractivity contribution in [1.82, 2.24) is 20.6 Å². The topological polar surface area (TPSA) is 76.8 Å². The highest BCUT2D eigenvalue weighted by Gasteiger charge is 2.34. The van der Waals surface area contributed by atoms with Crippen molar-refractivity contribution < 1.29 is 22.3 Å². The maximum absolute atomic E-state index is 13.3. The summed E-state index contributed by atoms with van der Waals surface area (Å²) in [5.74, 6) is 0.551. The molecule has 2 heterocycles. The number of benzene rings is 2. The number of aromatic amines is 1. The SMILES string of the molecule is CCOc1ccc(CCc2ccc3cc(-c4nn[nH]n4)oc3c2Cl)cc1C(F)(F)F. The maximum atomic E-state index is 13.3. The van der Waals surface area contributed by atoms with E-state index in [1.807, 2.05) is 12.1 Å². The Hall–Kier alpha value is -3.07. The summed E-state index contributed by atoms with van der Waals surface area (Å²) in [6.45, 7) is 1.80. The minimum absolute atomic E-state index is 0.160. The highest BCUT2D eigenvalue weighted by molar-refractivity contribution is 6.35. The molecule has 30 heavy (non-hydrogen) atoms. The maximum Gasteiger partial charge on any atom is 0.419 e. The Kier molecular flexibility index (Phi) is 5.38. The molecule has 0 bridgehead atoms. The predicted octanol–water partition coefficient (Wildman–Crippen LogP) is 5.47. The van der Waals surface area contributed by atoms with Crippen LogP contribution in [0.4, 0.5) is 13.2 Å². The second kappa shape index (κ2) is 7.98. The van der Waals surface area contributed by atoms with Crippen molar-refractivity contribution in [2.45, 2.75) is 25.9 Å². The van der Waals surface area contributed by atoms with E-state index >= 15 is 0 Å². The molecule has 0 fully saturated rings. The molecule has 0 amide bonds. The zero-order valence-electron chi connectivity index (χ0n) is 15.8. The largest absolute Gasteiger partial charge is 0.493 e. The highest BCUT2D eigenvalue weighted by atomic mass is 35.5. The summed E-state index contributed by atoms with van der Waals surface area (Å²) in [5.41, 5.74) is 0.991. The number of aromatic nitrogens is 4. The van der Waals surface area contributed by atoms with Crippen LogP contribution >= 0.6 is 11.6 Å². The van der Waals surface area contributed by atoms with Gasteiger partial charge in [-0.2, -0.15) is 18.4 Å². The van der Waals surface area contributed by atoms with Crippen LogP contribution in [0.1, 0.15) is 23.6 Å². The average molecular weight is 437 g/mol. The summed E-state index contributed by atoms with van der Waals surface area (Å²) in [6.07, 6.45) is -3.67. The standard InChI is InChI=1S/C20H16ClF3N4O2/c1-2-29-15-8-4-11(9-14(15)20(22,23)24)3-5-12-6-7-13-10-16(19-25-27-28-26-19)30-18(13)17(12)21/h4,6-10H,2-3,5H2,1H3,(H,25,26,27,28). The number of alkyl halides is 3. The van der Waals surface area contributed by atoms with E-state index in [1.54, 1.807) is 19.1 Å². The smallest absolute Gasteiger partial charge is 0.419 e. The lowest BCUT2D eigenvalue weighted by molar-refractivity contribution is -0.139. The van der Waals surface area contributed by atoms with E-state index in [4.69, 9.17) is 20.8 Å². The Morgan fingerprint density at radius 2 is 1.97 bits per heavy atom. The summed E-state index contributed by atoms with van der Waals surface area (Å²) in [5, 5.41) is 14.8. The Morgan fingerprint density at radius 1 is 1.13 bits per heavy atom. The predicted molar refractivity (Wildman–Crippen MR) is 104 cm³/mol. The Labute approximate surface area is 174 Å². The molecule has 0 aliphatic carbocycles. The number of tetrazole rings is 1. The second-order valence-electron chi connectivity index (χ2n) is 6.56. The number of fused-ring (bicyclic) bond motifs is 1. The fourth-order valence-electron chi connectivity index (χ4n) is 3.19. The van der Waals surface area contributed by atoms with Crippen molar-refractivity contribution in [2.24, 2.45) is 0 Å². The van der Waals surface area contributed by atoms with Gasteiger partial charge in [0.05, 0.1) is 17.2 Å². The van der Waals surface area contributed by atoms with Crippen molar-refractivity contribution in [2.75, 3.05) is 6.61 Å². The minimum atomic E-state index is -4.49. The Balaban J connectivity index is 1.58. The fourth-order valence-corrected chi connectivity index (χ4v) is 3.50. The fraction of sp³-hybridized carbons (Fsp3) is 0.250. The number of ether oxygens (including phenoxy) is 1. The molecule has 0 saturated heterocycles. The first kappa shape index (κ1) is 20.2. The molecule has 0 radical (unpaired) electrons. The molecule has 0 aliphatic heterocycles. The number of aryl methyl sites for hydroxylation is 2. The van der Waals surface area contributed by atoms with Crippen LogP contribution in [0.3, 0.4) is 0 Å². The number of halogens is 4. The van der Waals surface area contributed by atoms with Gasteiger partial charge in [-0.1, -0.05) is 29.8 Å². The minimum Gasteiger partial charge on any atom is -0.493 e. The van der Waals surface area contributed by atoms with E-state index in [-0.39, 0.29) is 12.4 Å². The van der Waals surface area contributed by atoms with E-state index in [2.05, 4.69) is 20.6 Å². The number of nitrogens with zero attached hydrogens (tertiary/aromatic N) is 3. The number of nitrogens with one attached hydrogen (secondary N) is 1. The van der Waals surface area contributed by atoms with E-state index in [9.17, 15) is 13.2 Å². The highest BCUT2D eigenvalue weighted by Crippen LogP contribution is 2.37. The van der Waals surface area contributed by atoms with Gasteiger partial charge in [-0.25, -0.2) is 0 Å². The molecular weight excluding hydrogens is 421 g/mol. The molecule has 4 aromatic rings. The first-order chi connectivity index (χ1) is 14.4. The van der Waals surface area contributed by atoms with Crippen LogP contribution in [0.15, 0.2) is 40.8 Å². The average Bonchev–Trinajstić information content (AvgIpc) is 3.37. The Morgan fingerprint density at radius 3 is 2.67 bits per heavy atom. The molecular formula is C20H16ClF3N4O2. The molecule has 0 saturated carbocycles. The van der Waals surface area contributed by atoms with Gasteiger partial charge in [-0.05, 0) is 54.3 Å². The lowest BCUT2D eigenvalue weighted by Gasteiger charge is -2.15. The number of furan rings is 1. The van der Waals surface area contributed by atoms with Gasteiger partial charge in [0.15, 0.2) is 11.3 Å². The summed E-state index contributed by atoms with van der Waals surface area (Å²) < 4.78 is 50.9. The van der Waals surface area contributed by atoms with Gasteiger partial charge in [-0.15, -0.1) is 10.2 Å². The van der Waals surface area contributed by atoms with Crippen LogP contribution in [0, 0.1) is 0 Å². The van der Waals surface area contributed by atoms with Gasteiger partial charge in [0.25, 0.3) is 0 Å². The van der Waals surface area contributed by atoms with Gasteiger partial charge in [0.2, 0.25) is 5.82 Å². The molecule has 2 aromatic carbocycles. The molecule has 0 atom stereocenters. The normalized spacial score (nSPS) is 11.9. The van der Waals surface area contributed by atoms with Crippen LogP contribution in [0.2, 0.25) is 5.02 Å². The zero-order chi connectivity index (χ0) is 21.3. The number of H-pyrrole nitrogens is 1. The van der Waals surface area contributed by atoms with Gasteiger partial charge >= 0.3 is 6.18 Å². The lowest BCUT2D eigenvalue weighted by Crippen LogP contribution is -2.09. The van der Waals surface area contributed by atoms with Crippen LogP contribution in [-0.2, 0) is 19.0 Å². The van der Waals surface area contributed by atoms with E-state index < -0.39 is 11.7 Å². The quantitative estimate of drug-likeness (QED) is 0.433. The van der Waals surface area contributed by atoms with Gasteiger partial charge < -0.3 is 9.15 Å². The molecule has 2 aromatic heterocycles. The monoisotopic (exact) mass is 436 g/mol. The molecule has 4 rings (SSSR count). The molecule has 156 valence electrons. The van der Waals surface area contributed by atoms with Gasteiger partial charge in [0.1, 0.15) is 5.75 Å². The third kappa shape index (κ3) is 3.97. The molecule has 1 N–H and O–H groups in total. The summed E-state index contributed by atoms with van der Waals surface area (Å²) in [6, 6.07) is 9.53. The van der Waals surface area contributed by atoms with Crippen molar-refractivity contribution in [3.8, 4) is 17.3 Å².